The number of hydrogen-bond acceptors (Lipinski definition) is 7. The van der Waals surface area contributed by atoms with Gasteiger partial charge in [0, 0.05) is 11.4 Å². The third-order valence-electron chi connectivity index (χ3n) is 2.48. The van der Waals surface area contributed by atoms with Crippen molar-refractivity contribution < 1.29 is 14.5 Å². The van der Waals surface area contributed by atoms with Gasteiger partial charge in [-0.05, 0) is 19.1 Å². The van der Waals surface area contributed by atoms with Crippen molar-refractivity contribution in [1.29, 1.82) is 0 Å². The maximum atomic E-state index is 11.8. The van der Waals surface area contributed by atoms with Crippen molar-refractivity contribution in [3.05, 3.63) is 50.0 Å². The molecule has 0 spiro atoms. The van der Waals surface area contributed by atoms with E-state index in [2.05, 4.69) is 4.98 Å². The normalized spacial score (nSPS) is 10.2. The van der Waals surface area contributed by atoms with Crippen LogP contribution in [-0.4, -0.2) is 15.9 Å². The Balaban J connectivity index is 2.09. The number of nitrogens with zero attached hydrogens (tertiary/aromatic N) is 2. The summed E-state index contributed by atoms with van der Waals surface area (Å²) in [5.74, 6) is -0.654. The molecule has 0 saturated heterocycles. The number of esters is 1. The zero-order valence-electron chi connectivity index (χ0n) is 10.5. The maximum Gasteiger partial charge on any atom is 0.338 e. The number of nitrogens with two attached hydrogens (primary N) is 1. The Hall–Kier alpha value is -2.48. The average Bonchev–Trinajstić information content (AvgIpc) is 2.82. The largest absolute Gasteiger partial charge is 0.456 e. The molecular weight excluding hydrogens is 282 g/mol. The molecule has 0 amide bonds. The van der Waals surface area contributed by atoms with E-state index in [1.807, 2.05) is 6.92 Å². The first-order valence-corrected chi connectivity index (χ1v) is 6.47. The summed E-state index contributed by atoms with van der Waals surface area (Å²) >= 11 is 1.45. The highest BCUT2D eigenvalue weighted by molar-refractivity contribution is 7.09. The maximum absolute atomic E-state index is 11.8. The molecule has 0 saturated carbocycles. The van der Waals surface area contributed by atoms with E-state index >= 15 is 0 Å². The van der Waals surface area contributed by atoms with Gasteiger partial charge in [0.1, 0.15) is 12.3 Å². The van der Waals surface area contributed by atoms with E-state index in [9.17, 15) is 14.9 Å². The van der Waals surface area contributed by atoms with Crippen LogP contribution in [0.25, 0.3) is 0 Å². The van der Waals surface area contributed by atoms with Gasteiger partial charge in [-0.3, -0.25) is 10.1 Å². The van der Waals surface area contributed by atoms with Crippen molar-refractivity contribution in [2.75, 3.05) is 5.73 Å². The number of benzene rings is 1. The highest BCUT2D eigenvalue weighted by Gasteiger charge is 2.16. The molecular formula is C12H11N3O4S. The summed E-state index contributed by atoms with van der Waals surface area (Å²) in [6.45, 7) is 1.88. The fraction of sp³-hybridized carbons (Fsp3) is 0.167. The molecule has 8 heteroatoms. The molecule has 7 nitrogen and oxygen atoms in total. The number of nitro groups is 1. The molecule has 0 aliphatic rings. The first-order chi connectivity index (χ1) is 9.47. The van der Waals surface area contributed by atoms with Crippen LogP contribution in [0.4, 0.5) is 11.4 Å². The van der Waals surface area contributed by atoms with Crippen molar-refractivity contribution in [3.8, 4) is 0 Å². The van der Waals surface area contributed by atoms with Crippen LogP contribution in [0, 0.1) is 17.0 Å². The molecule has 0 fully saturated rings. The summed E-state index contributed by atoms with van der Waals surface area (Å²) in [6, 6.07) is 3.79. The summed E-state index contributed by atoms with van der Waals surface area (Å²) < 4.78 is 5.04. The lowest BCUT2D eigenvalue weighted by Gasteiger charge is -2.04. The number of thiazole rings is 1. The zero-order valence-corrected chi connectivity index (χ0v) is 11.3. The minimum absolute atomic E-state index is 0.00155. The summed E-state index contributed by atoms with van der Waals surface area (Å²) in [5.41, 5.74) is 5.87. The second-order valence-corrected chi connectivity index (χ2v) is 5.03. The van der Waals surface area contributed by atoms with E-state index in [1.54, 1.807) is 5.38 Å². The molecule has 104 valence electrons. The second kappa shape index (κ2) is 5.66. The van der Waals surface area contributed by atoms with Gasteiger partial charge < -0.3 is 10.5 Å². The lowest BCUT2D eigenvalue weighted by molar-refractivity contribution is -0.383. The molecule has 2 aromatic rings. The first kappa shape index (κ1) is 13.9. The predicted molar refractivity (Wildman–Crippen MR) is 73.5 cm³/mol. The number of carbonyl (C=O) groups excluding carboxylic acids is 1. The number of ether oxygens (including phenoxy) is 1. The topological polar surface area (TPSA) is 108 Å². The number of nitrogen functional groups attached to an aromatic ring is 1. The Morgan fingerprint density at radius 3 is 2.90 bits per heavy atom. The van der Waals surface area contributed by atoms with Crippen molar-refractivity contribution >= 4 is 28.7 Å². The highest BCUT2D eigenvalue weighted by Crippen LogP contribution is 2.23. The highest BCUT2D eigenvalue weighted by atomic mass is 32.1. The summed E-state index contributed by atoms with van der Waals surface area (Å²) in [5, 5.41) is 13.4. The number of rotatable bonds is 4. The Bertz CT molecular complexity index is 668. The Morgan fingerprint density at radius 2 is 2.30 bits per heavy atom. The van der Waals surface area contributed by atoms with Gasteiger partial charge in [-0.25, -0.2) is 9.78 Å². The van der Waals surface area contributed by atoms with Crippen molar-refractivity contribution in [3.63, 3.8) is 0 Å². The molecule has 1 aromatic carbocycles. The Morgan fingerprint density at radius 1 is 1.55 bits per heavy atom. The minimum Gasteiger partial charge on any atom is -0.456 e. The fourth-order valence-electron chi connectivity index (χ4n) is 1.53. The van der Waals surface area contributed by atoms with Crippen molar-refractivity contribution in [2.24, 2.45) is 0 Å². The average molecular weight is 293 g/mol. The van der Waals surface area contributed by atoms with Crippen LogP contribution in [0.3, 0.4) is 0 Å². The van der Waals surface area contributed by atoms with Gasteiger partial charge in [-0.2, -0.15) is 0 Å². The van der Waals surface area contributed by atoms with Crippen molar-refractivity contribution in [2.45, 2.75) is 13.5 Å². The Kier molecular flexibility index (Phi) is 3.94. The molecule has 0 atom stereocenters. The molecule has 0 aliphatic heterocycles. The molecule has 0 aliphatic carbocycles. The second-order valence-electron chi connectivity index (χ2n) is 3.96. The summed E-state index contributed by atoms with van der Waals surface area (Å²) in [7, 11) is 0. The van der Waals surface area contributed by atoms with E-state index < -0.39 is 10.9 Å². The van der Waals surface area contributed by atoms with E-state index in [-0.39, 0.29) is 23.5 Å². The zero-order chi connectivity index (χ0) is 14.7. The van der Waals surface area contributed by atoms with Crippen LogP contribution in [0.5, 0.6) is 0 Å². The van der Waals surface area contributed by atoms with E-state index in [0.717, 1.165) is 11.1 Å². The molecule has 1 aromatic heterocycles. The minimum atomic E-state index is -0.654. The van der Waals surface area contributed by atoms with E-state index in [4.69, 9.17) is 10.5 Å². The fourth-order valence-corrected chi connectivity index (χ4v) is 2.12. The smallest absolute Gasteiger partial charge is 0.338 e. The van der Waals surface area contributed by atoms with Crippen LogP contribution in [0.15, 0.2) is 23.6 Å². The van der Waals surface area contributed by atoms with Crippen LogP contribution in [0.2, 0.25) is 0 Å². The number of aryl methyl sites for hydroxylation is 1. The van der Waals surface area contributed by atoms with Gasteiger partial charge in [0.25, 0.3) is 5.69 Å². The van der Waals surface area contributed by atoms with Gasteiger partial charge >= 0.3 is 5.97 Å². The number of nitro benzene ring substituents is 1. The lowest BCUT2D eigenvalue weighted by Crippen LogP contribution is -2.07. The molecule has 20 heavy (non-hydrogen) atoms. The number of hydrogen-bond donors (Lipinski definition) is 1. The summed E-state index contributed by atoms with van der Waals surface area (Å²) in [6.07, 6.45) is 0. The third kappa shape index (κ3) is 3.09. The van der Waals surface area contributed by atoms with Gasteiger partial charge in [-0.15, -0.1) is 11.3 Å². The lowest BCUT2D eigenvalue weighted by atomic mass is 10.2. The van der Waals surface area contributed by atoms with Crippen LogP contribution >= 0.6 is 11.3 Å². The van der Waals surface area contributed by atoms with Crippen LogP contribution in [0.1, 0.15) is 21.1 Å². The third-order valence-corrected chi connectivity index (χ3v) is 3.30. The van der Waals surface area contributed by atoms with Gasteiger partial charge in [0.15, 0.2) is 0 Å². The molecule has 0 unspecified atom stereocenters. The number of carbonyl (C=O) groups is 1. The SMILES string of the molecule is Cc1nc(COC(=O)c2ccc(N)c([N+](=O)[O-])c2)cs1. The van der Waals surface area contributed by atoms with Crippen LogP contribution in [-0.2, 0) is 11.3 Å². The number of anilines is 1. The molecule has 1 heterocycles. The molecule has 2 N–H and O–H groups in total. The Labute approximate surface area is 118 Å². The van der Waals surface area contributed by atoms with Crippen molar-refractivity contribution in [1.82, 2.24) is 4.98 Å². The molecule has 0 bridgehead atoms. The molecule has 2 rings (SSSR count). The molecule has 0 radical (unpaired) electrons. The van der Waals surface area contributed by atoms with Crippen LogP contribution < -0.4 is 5.73 Å². The first-order valence-electron chi connectivity index (χ1n) is 5.59. The monoisotopic (exact) mass is 293 g/mol. The van der Waals surface area contributed by atoms with Gasteiger partial charge in [-0.1, -0.05) is 0 Å². The predicted octanol–water partition coefficient (Wildman–Crippen LogP) is 2.30. The van der Waals surface area contributed by atoms with E-state index in [0.29, 0.717) is 5.69 Å². The van der Waals surface area contributed by atoms with Gasteiger partial charge in [0.2, 0.25) is 0 Å². The van der Waals surface area contributed by atoms with E-state index in [1.165, 1.54) is 23.5 Å². The standard InChI is InChI=1S/C12H11N3O4S/c1-7-14-9(6-20-7)5-19-12(16)8-2-3-10(13)11(4-8)15(17)18/h2-4,6H,5,13H2,1H3. The summed E-state index contributed by atoms with van der Waals surface area (Å²) in [4.78, 5) is 26.1. The number of aromatic nitrogens is 1. The van der Waals surface area contributed by atoms with Gasteiger partial charge in [0.05, 0.1) is 21.2 Å². The quantitative estimate of drug-likeness (QED) is 0.401.